The SMILES string of the molecule is O=C(O)Cc1ccc2c(c1)[C@@H](NC(=O)OCC1c3ccccc3-c3ccccc31)CO2. The molecule has 0 bridgehead atoms. The van der Waals surface area contributed by atoms with Gasteiger partial charge in [0.15, 0.2) is 0 Å². The maximum absolute atomic E-state index is 12.6. The van der Waals surface area contributed by atoms with Crippen molar-refractivity contribution in [3.05, 3.63) is 89.0 Å². The Hall–Kier alpha value is -3.80. The van der Waals surface area contributed by atoms with E-state index in [1.807, 2.05) is 24.3 Å². The highest BCUT2D eigenvalue weighted by atomic mass is 16.5. The van der Waals surface area contributed by atoms with Gasteiger partial charge in [0.2, 0.25) is 0 Å². The number of hydrogen-bond acceptors (Lipinski definition) is 4. The fourth-order valence-corrected chi connectivity index (χ4v) is 4.45. The number of amides is 1. The molecule has 0 unspecified atom stereocenters. The van der Waals surface area contributed by atoms with Crippen LogP contribution in [0.1, 0.15) is 34.2 Å². The molecular formula is C25H21NO5. The summed E-state index contributed by atoms with van der Waals surface area (Å²) < 4.78 is 11.2. The largest absolute Gasteiger partial charge is 0.491 e. The van der Waals surface area contributed by atoms with Crippen LogP contribution in [0, 0.1) is 0 Å². The fourth-order valence-electron chi connectivity index (χ4n) is 4.45. The van der Waals surface area contributed by atoms with Gasteiger partial charge in [-0.25, -0.2) is 4.79 Å². The molecule has 3 aromatic carbocycles. The predicted octanol–water partition coefficient (Wildman–Crippen LogP) is 4.29. The van der Waals surface area contributed by atoms with Gasteiger partial charge in [-0.1, -0.05) is 54.6 Å². The molecule has 1 amide bonds. The van der Waals surface area contributed by atoms with Crippen LogP contribution in [0.25, 0.3) is 11.1 Å². The normalized spacial score (nSPS) is 16.1. The zero-order valence-electron chi connectivity index (χ0n) is 16.7. The van der Waals surface area contributed by atoms with Crippen molar-refractivity contribution in [1.82, 2.24) is 5.32 Å². The zero-order valence-corrected chi connectivity index (χ0v) is 16.7. The molecular weight excluding hydrogens is 394 g/mol. The minimum atomic E-state index is -0.903. The molecule has 6 nitrogen and oxygen atoms in total. The summed E-state index contributed by atoms with van der Waals surface area (Å²) in [4.78, 5) is 23.6. The molecule has 3 aromatic rings. The minimum Gasteiger partial charge on any atom is -0.491 e. The van der Waals surface area contributed by atoms with Crippen molar-refractivity contribution < 1.29 is 24.2 Å². The molecule has 5 rings (SSSR count). The van der Waals surface area contributed by atoms with Crippen molar-refractivity contribution in [2.45, 2.75) is 18.4 Å². The Labute approximate surface area is 179 Å². The molecule has 6 heteroatoms. The highest BCUT2D eigenvalue weighted by Gasteiger charge is 2.30. The van der Waals surface area contributed by atoms with E-state index in [2.05, 4.69) is 29.6 Å². The lowest BCUT2D eigenvalue weighted by atomic mass is 9.98. The van der Waals surface area contributed by atoms with Gasteiger partial charge in [-0.2, -0.15) is 0 Å². The first-order valence-electron chi connectivity index (χ1n) is 10.2. The molecule has 0 saturated heterocycles. The number of fused-ring (bicyclic) bond motifs is 4. The Balaban J connectivity index is 1.28. The zero-order chi connectivity index (χ0) is 21.4. The summed E-state index contributed by atoms with van der Waals surface area (Å²) in [5.41, 5.74) is 6.10. The third kappa shape index (κ3) is 3.61. The van der Waals surface area contributed by atoms with Crippen molar-refractivity contribution in [3.8, 4) is 16.9 Å². The molecule has 1 heterocycles. The highest BCUT2D eigenvalue weighted by Crippen LogP contribution is 2.44. The monoisotopic (exact) mass is 415 g/mol. The summed E-state index contributed by atoms with van der Waals surface area (Å²) in [6.07, 6.45) is -0.600. The van der Waals surface area contributed by atoms with E-state index in [0.717, 1.165) is 16.7 Å². The van der Waals surface area contributed by atoms with Gasteiger partial charge < -0.3 is 19.9 Å². The second-order valence-corrected chi connectivity index (χ2v) is 7.78. The average Bonchev–Trinajstić information content (AvgIpc) is 3.31. The van der Waals surface area contributed by atoms with E-state index in [1.165, 1.54) is 11.1 Å². The third-order valence-corrected chi connectivity index (χ3v) is 5.85. The first-order chi connectivity index (χ1) is 15.1. The van der Waals surface area contributed by atoms with E-state index >= 15 is 0 Å². The molecule has 2 aliphatic rings. The van der Waals surface area contributed by atoms with Gasteiger partial charge >= 0.3 is 12.1 Å². The van der Waals surface area contributed by atoms with Crippen molar-refractivity contribution in [2.75, 3.05) is 13.2 Å². The van der Waals surface area contributed by atoms with E-state index in [0.29, 0.717) is 11.3 Å². The van der Waals surface area contributed by atoms with Gasteiger partial charge in [-0.15, -0.1) is 0 Å². The average molecular weight is 415 g/mol. The van der Waals surface area contributed by atoms with E-state index in [-0.39, 0.29) is 31.6 Å². The number of hydrogen-bond donors (Lipinski definition) is 2. The second kappa shape index (κ2) is 7.80. The van der Waals surface area contributed by atoms with Crippen LogP contribution in [-0.4, -0.2) is 30.4 Å². The second-order valence-electron chi connectivity index (χ2n) is 7.78. The van der Waals surface area contributed by atoms with Gasteiger partial charge in [0.1, 0.15) is 19.0 Å². The fraction of sp³-hybridized carbons (Fsp3) is 0.200. The van der Waals surface area contributed by atoms with E-state index < -0.39 is 12.1 Å². The molecule has 0 spiro atoms. The smallest absolute Gasteiger partial charge is 0.407 e. The number of carboxylic acid groups (broad SMARTS) is 1. The number of nitrogens with one attached hydrogen (secondary N) is 1. The van der Waals surface area contributed by atoms with Crippen LogP contribution in [0.15, 0.2) is 66.7 Å². The number of ether oxygens (including phenoxy) is 2. The molecule has 0 fully saturated rings. The number of aliphatic carboxylic acids is 1. The van der Waals surface area contributed by atoms with Crippen molar-refractivity contribution in [2.24, 2.45) is 0 Å². The molecule has 1 atom stereocenters. The summed E-state index contributed by atoms with van der Waals surface area (Å²) >= 11 is 0. The van der Waals surface area contributed by atoms with Crippen LogP contribution in [0.4, 0.5) is 4.79 Å². The number of carbonyl (C=O) groups excluding carboxylic acids is 1. The Bertz CT molecular complexity index is 1130. The van der Waals surface area contributed by atoms with Crippen LogP contribution in [0.3, 0.4) is 0 Å². The van der Waals surface area contributed by atoms with Crippen molar-refractivity contribution in [1.29, 1.82) is 0 Å². The molecule has 1 aliphatic carbocycles. The minimum absolute atomic E-state index is 0.00701. The topological polar surface area (TPSA) is 84.9 Å². The lowest BCUT2D eigenvalue weighted by Crippen LogP contribution is -2.31. The molecule has 156 valence electrons. The van der Waals surface area contributed by atoms with E-state index in [9.17, 15) is 9.59 Å². The van der Waals surface area contributed by atoms with Crippen LogP contribution >= 0.6 is 0 Å². The van der Waals surface area contributed by atoms with E-state index in [4.69, 9.17) is 14.6 Å². The van der Waals surface area contributed by atoms with Crippen LogP contribution in [0.2, 0.25) is 0 Å². The van der Waals surface area contributed by atoms with Gasteiger partial charge in [0.05, 0.1) is 12.5 Å². The predicted molar refractivity (Wildman–Crippen MR) is 114 cm³/mol. The Morgan fingerprint density at radius 3 is 2.32 bits per heavy atom. The quantitative estimate of drug-likeness (QED) is 0.650. The Morgan fingerprint density at radius 2 is 1.65 bits per heavy atom. The highest BCUT2D eigenvalue weighted by molar-refractivity contribution is 5.79. The summed E-state index contributed by atoms with van der Waals surface area (Å²) in [7, 11) is 0. The van der Waals surface area contributed by atoms with Gasteiger partial charge in [0.25, 0.3) is 0 Å². The lowest BCUT2D eigenvalue weighted by Gasteiger charge is -2.16. The molecule has 0 radical (unpaired) electrons. The molecule has 1 aliphatic heterocycles. The van der Waals surface area contributed by atoms with E-state index in [1.54, 1.807) is 18.2 Å². The number of carboxylic acids is 1. The summed E-state index contributed by atoms with van der Waals surface area (Å²) in [6.45, 7) is 0.523. The maximum Gasteiger partial charge on any atom is 0.407 e. The first kappa shape index (κ1) is 19.2. The lowest BCUT2D eigenvalue weighted by molar-refractivity contribution is -0.136. The van der Waals surface area contributed by atoms with Gasteiger partial charge in [0, 0.05) is 11.5 Å². The standard InChI is InChI=1S/C25H21NO5/c27-24(28)12-15-9-10-23-20(11-15)22(14-30-23)26-25(29)31-13-21-18-7-3-1-5-16(18)17-6-2-4-8-19(17)21/h1-11,21-22H,12-14H2,(H,26,29)(H,27,28)/t22-/m0/s1. The third-order valence-electron chi connectivity index (χ3n) is 5.85. The molecule has 2 N–H and O–H groups in total. The Morgan fingerprint density at radius 1 is 0.968 bits per heavy atom. The summed E-state index contributed by atoms with van der Waals surface area (Å²) in [5, 5.41) is 11.9. The molecule has 0 saturated carbocycles. The number of alkyl carbamates (subject to hydrolysis) is 1. The van der Waals surface area contributed by atoms with Crippen molar-refractivity contribution >= 4 is 12.1 Å². The number of carbonyl (C=O) groups is 2. The van der Waals surface area contributed by atoms with Crippen LogP contribution in [-0.2, 0) is 16.0 Å². The van der Waals surface area contributed by atoms with Crippen molar-refractivity contribution in [3.63, 3.8) is 0 Å². The van der Waals surface area contributed by atoms with Gasteiger partial charge in [-0.3, -0.25) is 4.79 Å². The first-order valence-corrected chi connectivity index (χ1v) is 10.2. The summed E-state index contributed by atoms with van der Waals surface area (Å²) in [5.74, 6) is -0.259. The maximum atomic E-state index is 12.6. The molecule has 0 aromatic heterocycles. The van der Waals surface area contributed by atoms with Crippen LogP contribution in [0.5, 0.6) is 5.75 Å². The number of rotatable bonds is 5. The summed E-state index contributed by atoms with van der Waals surface area (Å²) in [6, 6.07) is 21.2. The van der Waals surface area contributed by atoms with Gasteiger partial charge in [-0.05, 0) is 39.9 Å². The molecule has 31 heavy (non-hydrogen) atoms. The van der Waals surface area contributed by atoms with Crippen LogP contribution < -0.4 is 10.1 Å². The number of benzene rings is 3. The Kier molecular flexibility index (Phi) is 4.82.